The maximum absolute atomic E-state index is 12.1. The van der Waals surface area contributed by atoms with Crippen molar-refractivity contribution in [3.63, 3.8) is 0 Å². The first kappa shape index (κ1) is 17.0. The Balaban J connectivity index is 1.57. The van der Waals surface area contributed by atoms with Gasteiger partial charge in [0.05, 0.1) is 5.69 Å². The number of nitrogens with zero attached hydrogens (tertiary/aromatic N) is 1. The molecule has 3 rings (SSSR count). The number of rotatable bonds is 6. The quantitative estimate of drug-likeness (QED) is 0.662. The van der Waals surface area contributed by atoms with E-state index in [0.717, 1.165) is 16.3 Å². The van der Waals surface area contributed by atoms with E-state index < -0.39 is 0 Å². The summed E-state index contributed by atoms with van der Waals surface area (Å²) in [6.45, 7) is 1.51. The average molecular weight is 350 g/mol. The van der Waals surface area contributed by atoms with Gasteiger partial charge in [-0.05, 0) is 25.5 Å². The van der Waals surface area contributed by atoms with Crippen LogP contribution in [0.1, 0.15) is 29.4 Å². The van der Waals surface area contributed by atoms with Crippen molar-refractivity contribution in [2.24, 2.45) is 0 Å². The van der Waals surface area contributed by atoms with E-state index in [1.807, 2.05) is 35.7 Å². The molecule has 0 bridgehead atoms. The van der Waals surface area contributed by atoms with E-state index in [2.05, 4.69) is 10.3 Å². The Morgan fingerprint density at radius 3 is 2.64 bits per heavy atom. The van der Waals surface area contributed by atoms with Crippen LogP contribution >= 0.6 is 11.3 Å². The molecule has 0 unspecified atom stereocenters. The predicted molar refractivity (Wildman–Crippen MR) is 101 cm³/mol. The smallest absolute Gasteiger partial charge is 0.224 e. The molecule has 0 saturated carbocycles. The van der Waals surface area contributed by atoms with E-state index >= 15 is 0 Å². The van der Waals surface area contributed by atoms with Crippen molar-refractivity contribution in [2.75, 3.05) is 5.32 Å². The third-order valence-electron chi connectivity index (χ3n) is 3.73. The summed E-state index contributed by atoms with van der Waals surface area (Å²) in [5.41, 5.74) is 3.23. The SMILES string of the molecule is CC(=O)c1cccc(NC(=O)CCc2csc(-c3ccccc3)n2)c1. The molecule has 0 spiro atoms. The Morgan fingerprint density at radius 2 is 1.88 bits per heavy atom. The van der Waals surface area contributed by atoms with E-state index in [1.54, 1.807) is 35.6 Å². The Bertz CT molecular complexity index is 887. The van der Waals surface area contributed by atoms with Crippen LogP contribution in [0.2, 0.25) is 0 Å². The first-order valence-electron chi connectivity index (χ1n) is 8.02. The number of nitrogens with one attached hydrogen (secondary N) is 1. The molecule has 126 valence electrons. The van der Waals surface area contributed by atoms with Crippen LogP contribution in [0.3, 0.4) is 0 Å². The fourth-order valence-corrected chi connectivity index (χ4v) is 3.28. The Morgan fingerprint density at radius 1 is 1.08 bits per heavy atom. The number of Topliss-reactive ketones (excluding diaryl/α,β-unsaturated/α-hetero) is 1. The van der Waals surface area contributed by atoms with Gasteiger partial charge in [0, 0.05) is 28.6 Å². The van der Waals surface area contributed by atoms with Crippen molar-refractivity contribution in [3.8, 4) is 10.6 Å². The topological polar surface area (TPSA) is 59.1 Å². The number of benzene rings is 2. The molecule has 0 aliphatic heterocycles. The summed E-state index contributed by atoms with van der Waals surface area (Å²) in [5.74, 6) is -0.109. The predicted octanol–water partition coefficient (Wildman–Crippen LogP) is 4.58. The zero-order chi connectivity index (χ0) is 17.6. The minimum atomic E-state index is -0.0880. The molecule has 0 atom stereocenters. The van der Waals surface area contributed by atoms with Gasteiger partial charge in [-0.25, -0.2) is 4.98 Å². The summed E-state index contributed by atoms with van der Waals surface area (Å²) >= 11 is 1.58. The molecule has 1 heterocycles. The molecule has 0 aliphatic carbocycles. The molecule has 0 radical (unpaired) electrons. The van der Waals surface area contributed by atoms with E-state index in [-0.39, 0.29) is 11.7 Å². The number of carbonyl (C=O) groups excluding carboxylic acids is 2. The third kappa shape index (κ3) is 4.61. The zero-order valence-electron chi connectivity index (χ0n) is 13.9. The van der Waals surface area contributed by atoms with Crippen LogP contribution in [0.25, 0.3) is 10.6 Å². The van der Waals surface area contributed by atoms with Crippen LogP contribution in [-0.2, 0) is 11.2 Å². The largest absolute Gasteiger partial charge is 0.326 e. The normalized spacial score (nSPS) is 10.4. The first-order chi connectivity index (χ1) is 12.1. The number of hydrogen-bond acceptors (Lipinski definition) is 4. The Kier molecular flexibility index (Phi) is 5.36. The molecule has 5 heteroatoms. The van der Waals surface area contributed by atoms with Gasteiger partial charge in [-0.15, -0.1) is 11.3 Å². The van der Waals surface area contributed by atoms with Crippen molar-refractivity contribution in [1.29, 1.82) is 0 Å². The van der Waals surface area contributed by atoms with Gasteiger partial charge in [-0.2, -0.15) is 0 Å². The minimum Gasteiger partial charge on any atom is -0.326 e. The lowest BCUT2D eigenvalue weighted by Crippen LogP contribution is -2.12. The van der Waals surface area contributed by atoms with Crippen LogP contribution in [0.15, 0.2) is 60.0 Å². The lowest BCUT2D eigenvalue weighted by atomic mass is 10.1. The van der Waals surface area contributed by atoms with Gasteiger partial charge >= 0.3 is 0 Å². The van der Waals surface area contributed by atoms with Crippen molar-refractivity contribution < 1.29 is 9.59 Å². The van der Waals surface area contributed by atoms with E-state index in [4.69, 9.17) is 0 Å². The molecule has 3 aromatic rings. The second-order valence-electron chi connectivity index (χ2n) is 5.70. The Labute approximate surface area is 150 Å². The number of carbonyl (C=O) groups is 2. The van der Waals surface area contributed by atoms with Gasteiger partial charge in [-0.3, -0.25) is 9.59 Å². The Hall–Kier alpha value is -2.79. The molecule has 0 aliphatic rings. The van der Waals surface area contributed by atoms with Gasteiger partial charge in [-0.1, -0.05) is 42.5 Å². The fraction of sp³-hybridized carbons (Fsp3) is 0.150. The van der Waals surface area contributed by atoms with Gasteiger partial charge in [0.15, 0.2) is 5.78 Å². The van der Waals surface area contributed by atoms with Crippen molar-refractivity contribution in [3.05, 3.63) is 71.2 Å². The number of thiazole rings is 1. The second-order valence-corrected chi connectivity index (χ2v) is 6.55. The first-order valence-corrected chi connectivity index (χ1v) is 8.90. The summed E-state index contributed by atoms with van der Waals surface area (Å²) in [6.07, 6.45) is 0.934. The van der Waals surface area contributed by atoms with Crippen LogP contribution in [-0.4, -0.2) is 16.7 Å². The molecule has 2 aromatic carbocycles. The van der Waals surface area contributed by atoms with Crippen LogP contribution in [0.5, 0.6) is 0 Å². The highest BCUT2D eigenvalue weighted by molar-refractivity contribution is 7.13. The highest BCUT2D eigenvalue weighted by atomic mass is 32.1. The lowest BCUT2D eigenvalue weighted by molar-refractivity contribution is -0.116. The van der Waals surface area contributed by atoms with Crippen LogP contribution in [0.4, 0.5) is 5.69 Å². The average Bonchev–Trinajstić information content (AvgIpc) is 3.10. The molecular formula is C20H18N2O2S. The lowest BCUT2D eigenvalue weighted by Gasteiger charge is -2.05. The van der Waals surface area contributed by atoms with Crippen molar-refractivity contribution >= 4 is 28.7 Å². The van der Waals surface area contributed by atoms with Crippen LogP contribution < -0.4 is 5.32 Å². The van der Waals surface area contributed by atoms with Gasteiger partial charge in [0.2, 0.25) is 5.91 Å². The molecule has 0 saturated heterocycles. The number of ketones is 1. The minimum absolute atomic E-state index is 0.0213. The van der Waals surface area contributed by atoms with Crippen LogP contribution in [0, 0.1) is 0 Å². The highest BCUT2D eigenvalue weighted by Crippen LogP contribution is 2.23. The second kappa shape index (κ2) is 7.85. The molecule has 0 fully saturated rings. The molecule has 4 nitrogen and oxygen atoms in total. The number of aromatic nitrogens is 1. The number of hydrogen-bond donors (Lipinski definition) is 1. The van der Waals surface area contributed by atoms with E-state index in [1.165, 1.54) is 6.92 Å². The molecule has 25 heavy (non-hydrogen) atoms. The standard InChI is InChI=1S/C20H18N2O2S/c1-14(23)16-8-5-9-17(12-16)21-19(24)11-10-18-13-25-20(22-18)15-6-3-2-4-7-15/h2-9,12-13H,10-11H2,1H3,(H,21,24). The molecular weight excluding hydrogens is 332 g/mol. The zero-order valence-corrected chi connectivity index (χ0v) is 14.7. The molecule has 1 amide bonds. The summed E-state index contributed by atoms with van der Waals surface area (Å²) in [6, 6.07) is 17.0. The monoisotopic (exact) mass is 350 g/mol. The van der Waals surface area contributed by atoms with Crippen molar-refractivity contribution in [1.82, 2.24) is 4.98 Å². The van der Waals surface area contributed by atoms with Gasteiger partial charge in [0.1, 0.15) is 5.01 Å². The number of anilines is 1. The summed E-state index contributed by atoms with van der Waals surface area (Å²) in [4.78, 5) is 28.1. The summed E-state index contributed by atoms with van der Waals surface area (Å²) in [7, 11) is 0. The van der Waals surface area contributed by atoms with Gasteiger partial charge < -0.3 is 5.32 Å². The molecule has 1 N–H and O–H groups in total. The van der Waals surface area contributed by atoms with E-state index in [0.29, 0.717) is 24.1 Å². The maximum atomic E-state index is 12.1. The highest BCUT2D eigenvalue weighted by Gasteiger charge is 2.08. The molecule has 1 aromatic heterocycles. The fourth-order valence-electron chi connectivity index (χ4n) is 2.42. The summed E-state index contributed by atoms with van der Waals surface area (Å²) in [5, 5.41) is 5.79. The van der Waals surface area contributed by atoms with Crippen molar-refractivity contribution in [2.45, 2.75) is 19.8 Å². The third-order valence-corrected chi connectivity index (χ3v) is 4.67. The van der Waals surface area contributed by atoms with E-state index in [9.17, 15) is 9.59 Å². The number of aryl methyl sites for hydroxylation is 1. The maximum Gasteiger partial charge on any atom is 0.224 e. The van der Waals surface area contributed by atoms with Gasteiger partial charge in [0.25, 0.3) is 0 Å². The summed E-state index contributed by atoms with van der Waals surface area (Å²) < 4.78 is 0. The number of amides is 1.